The van der Waals surface area contributed by atoms with Crippen LogP contribution < -0.4 is 11.1 Å². The third kappa shape index (κ3) is 2.91. The normalized spacial score (nSPS) is 10.3. The van der Waals surface area contributed by atoms with Gasteiger partial charge >= 0.3 is 0 Å². The van der Waals surface area contributed by atoms with E-state index in [0.29, 0.717) is 11.3 Å². The summed E-state index contributed by atoms with van der Waals surface area (Å²) in [4.78, 5) is 16.2. The zero-order valence-corrected chi connectivity index (χ0v) is 11.3. The lowest BCUT2D eigenvalue weighted by molar-refractivity contribution is 0.102. The molecule has 1 aromatic carbocycles. The number of nitrogens with one attached hydrogen (secondary N) is 1. The second-order valence-corrected chi connectivity index (χ2v) is 4.73. The number of nitrogens with zero attached hydrogens (tertiary/aromatic N) is 1. The van der Waals surface area contributed by atoms with Crippen LogP contribution in [0.25, 0.3) is 0 Å². The number of hydrogen-bond acceptors (Lipinski definition) is 3. The Balaban J connectivity index is 2.29. The molecule has 0 saturated heterocycles. The van der Waals surface area contributed by atoms with Gasteiger partial charge in [0.25, 0.3) is 5.91 Å². The van der Waals surface area contributed by atoms with Crippen molar-refractivity contribution in [2.75, 3.05) is 11.1 Å². The zero-order chi connectivity index (χ0) is 14.0. The van der Waals surface area contributed by atoms with E-state index >= 15 is 0 Å². The Morgan fingerprint density at radius 1 is 1.11 bits per heavy atom. The molecule has 0 atom stereocenters. The van der Waals surface area contributed by atoms with Crippen molar-refractivity contribution in [1.82, 2.24) is 4.98 Å². The van der Waals surface area contributed by atoms with Gasteiger partial charge in [0.2, 0.25) is 0 Å². The van der Waals surface area contributed by atoms with E-state index in [1.165, 1.54) is 0 Å². The summed E-state index contributed by atoms with van der Waals surface area (Å²) in [6.07, 6.45) is 3.28. The number of anilines is 2. The average Bonchev–Trinajstić information content (AvgIpc) is 2.33. The van der Waals surface area contributed by atoms with Crippen LogP contribution in [0.4, 0.5) is 11.4 Å². The van der Waals surface area contributed by atoms with E-state index in [-0.39, 0.29) is 5.91 Å². The number of benzene rings is 1. The summed E-state index contributed by atoms with van der Waals surface area (Å²) in [5.74, 6) is -0.160. The van der Waals surface area contributed by atoms with Crippen LogP contribution in [-0.2, 0) is 0 Å². The lowest BCUT2D eigenvalue weighted by Gasteiger charge is -2.12. The van der Waals surface area contributed by atoms with Crippen LogP contribution in [0.2, 0.25) is 0 Å². The first-order chi connectivity index (χ1) is 8.97. The zero-order valence-electron chi connectivity index (χ0n) is 11.3. The van der Waals surface area contributed by atoms with E-state index in [4.69, 9.17) is 5.73 Å². The Hall–Kier alpha value is -2.36. The van der Waals surface area contributed by atoms with Crippen LogP contribution >= 0.6 is 0 Å². The molecule has 2 rings (SSSR count). The molecule has 1 amide bonds. The van der Waals surface area contributed by atoms with Crippen LogP contribution in [0, 0.1) is 20.8 Å². The average molecular weight is 255 g/mol. The van der Waals surface area contributed by atoms with Crippen LogP contribution in [0.5, 0.6) is 0 Å². The molecule has 0 radical (unpaired) electrons. The van der Waals surface area contributed by atoms with Crippen molar-refractivity contribution in [3.8, 4) is 0 Å². The molecule has 1 heterocycles. The standard InChI is InChI=1S/C15H17N3O/c1-9-4-12(8-17-7-9)15(19)18-14-10(2)5-13(16)6-11(14)3/h4-8H,16H2,1-3H3,(H,18,19). The third-order valence-electron chi connectivity index (χ3n) is 2.93. The highest BCUT2D eigenvalue weighted by Gasteiger charge is 2.10. The number of pyridine rings is 1. The quantitative estimate of drug-likeness (QED) is 0.811. The van der Waals surface area contributed by atoms with Crippen molar-refractivity contribution in [2.24, 2.45) is 0 Å². The molecule has 0 aliphatic rings. The highest BCUT2D eigenvalue weighted by Crippen LogP contribution is 2.23. The number of aryl methyl sites for hydroxylation is 3. The fraction of sp³-hybridized carbons (Fsp3) is 0.200. The van der Waals surface area contributed by atoms with Crippen molar-refractivity contribution in [1.29, 1.82) is 0 Å². The monoisotopic (exact) mass is 255 g/mol. The van der Waals surface area contributed by atoms with Crippen molar-refractivity contribution in [3.05, 3.63) is 52.8 Å². The van der Waals surface area contributed by atoms with E-state index in [9.17, 15) is 4.79 Å². The second kappa shape index (κ2) is 5.10. The molecule has 0 bridgehead atoms. The van der Waals surface area contributed by atoms with Gasteiger partial charge in [-0.2, -0.15) is 0 Å². The molecule has 0 aliphatic carbocycles. The molecule has 4 nitrogen and oxygen atoms in total. The Morgan fingerprint density at radius 2 is 1.74 bits per heavy atom. The SMILES string of the molecule is Cc1cncc(C(=O)Nc2c(C)cc(N)cc2C)c1. The molecule has 1 aromatic heterocycles. The summed E-state index contributed by atoms with van der Waals surface area (Å²) in [5, 5.41) is 2.91. The van der Waals surface area contributed by atoms with Crippen LogP contribution in [-0.4, -0.2) is 10.9 Å². The number of nitrogen functional groups attached to an aromatic ring is 1. The molecule has 19 heavy (non-hydrogen) atoms. The van der Waals surface area contributed by atoms with Crippen molar-refractivity contribution >= 4 is 17.3 Å². The number of carbonyl (C=O) groups excluding carboxylic acids is 1. The first kappa shape index (κ1) is 13.1. The summed E-state index contributed by atoms with van der Waals surface area (Å²) in [6, 6.07) is 5.50. The maximum atomic E-state index is 12.2. The van der Waals surface area contributed by atoms with Gasteiger partial charge in [-0.25, -0.2) is 0 Å². The maximum absolute atomic E-state index is 12.2. The molecular weight excluding hydrogens is 238 g/mol. The van der Waals surface area contributed by atoms with Crippen LogP contribution in [0.3, 0.4) is 0 Å². The largest absolute Gasteiger partial charge is 0.399 e. The predicted molar refractivity (Wildman–Crippen MR) is 77.3 cm³/mol. The van der Waals surface area contributed by atoms with Gasteiger partial charge in [-0.3, -0.25) is 9.78 Å². The van der Waals surface area contributed by atoms with Crippen LogP contribution in [0.15, 0.2) is 30.6 Å². The molecule has 0 fully saturated rings. The van der Waals surface area contributed by atoms with Crippen molar-refractivity contribution in [3.63, 3.8) is 0 Å². The van der Waals surface area contributed by atoms with Crippen molar-refractivity contribution in [2.45, 2.75) is 20.8 Å². The Kier molecular flexibility index (Phi) is 3.51. The van der Waals surface area contributed by atoms with Crippen LogP contribution in [0.1, 0.15) is 27.0 Å². The minimum atomic E-state index is -0.160. The summed E-state index contributed by atoms with van der Waals surface area (Å²) in [5.41, 5.74) is 10.7. The number of amides is 1. The Bertz CT molecular complexity index is 612. The predicted octanol–water partition coefficient (Wildman–Crippen LogP) is 2.84. The lowest BCUT2D eigenvalue weighted by atomic mass is 10.1. The maximum Gasteiger partial charge on any atom is 0.257 e. The number of rotatable bonds is 2. The highest BCUT2D eigenvalue weighted by atomic mass is 16.1. The van der Waals surface area contributed by atoms with Gasteiger partial charge in [0.15, 0.2) is 0 Å². The summed E-state index contributed by atoms with van der Waals surface area (Å²) < 4.78 is 0. The smallest absolute Gasteiger partial charge is 0.257 e. The molecule has 3 N–H and O–H groups in total. The van der Waals surface area contributed by atoms with E-state index < -0.39 is 0 Å². The highest BCUT2D eigenvalue weighted by molar-refractivity contribution is 6.05. The van der Waals surface area contributed by atoms with Gasteiger partial charge in [-0.05, 0) is 55.7 Å². The molecule has 98 valence electrons. The molecule has 2 aromatic rings. The summed E-state index contributed by atoms with van der Waals surface area (Å²) in [6.45, 7) is 5.75. The molecule has 0 spiro atoms. The fourth-order valence-corrected chi connectivity index (χ4v) is 2.06. The third-order valence-corrected chi connectivity index (χ3v) is 2.93. The van der Waals surface area contributed by atoms with Gasteiger partial charge in [-0.1, -0.05) is 0 Å². The number of hydrogen-bond donors (Lipinski definition) is 2. The number of carbonyl (C=O) groups is 1. The molecule has 0 aliphatic heterocycles. The molecule has 0 saturated carbocycles. The minimum Gasteiger partial charge on any atom is -0.399 e. The fourth-order valence-electron chi connectivity index (χ4n) is 2.06. The Labute approximate surface area is 112 Å². The second-order valence-electron chi connectivity index (χ2n) is 4.73. The summed E-state index contributed by atoms with van der Waals surface area (Å²) >= 11 is 0. The molecule has 0 unspecified atom stereocenters. The van der Waals surface area contributed by atoms with E-state index in [2.05, 4.69) is 10.3 Å². The van der Waals surface area contributed by atoms with Crippen molar-refractivity contribution < 1.29 is 4.79 Å². The number of aromatic nitrogens is 1. The van der Waals surface area contributed by atoms with Gasteiger partial charge in [0.05, 0.1) is 5.56 Å². The Morgan fingerprint density at radius 3 is 2.32 bits per heavy atom. The molecule has 4 heteroatoms. The van der Waals surface area contributed by atoms with Gasteiger partial charge in [0, 0.05) is 23.8 Å². The van der Waals surface area contributed by atoms with E-state index in [1.54, 1.807) is 12.4 Å². The minimum absolute atomic E-state index is 0.160. The van der Waals surface area contributed by atoms with E-state index in [1.807, 2.05) is 39.0 Å². The van der Waals surface area contributed by atoms with Gasteiger partial charge in [-0.15, -0.1) is 0 Å². The molecular formula is C15H17N3O. The first-order valence-electron chi connectivity index (χ1n) is 6.07. The van der Waals surface area contributed by atoms with Gasteiger partial charge in [0.1, 0.15) is 0 Å². The van der Waals surface area contributed by atoms with E-state index in [0.717, 1.165) is 22.4 Å². The number of nitrogens with two attached hydrogens (primary N) is 1. The summed E-state index contributed by atoms with van der Waals surface area (Å²) in [7, 11) is 0. The topological polar surface area (TPSA) is 68.0 Å². The van der Waals surface area contributed by atoms with Gasteiger partial charge < -0.3 is 11.1 Å². The first-order valence-corrected chi connectivity index (χ1v) is 6.07. The lowest BCUT2D eigenvalue weighted by Crippen LogP contribution is -2.14.